The van der Waals surface area contributed by atoms with Crippen molar-refractivity contribution in [2.75, 3.05) is 42.9 Å². The van der Waals surface area contributed by atoms with Gasteiger partial charge in [-0.15, -0.1) is 0 Å². The average Bonchev–Trinajstić information content (AvgIpc) is 2.74. The minimum atomic E-state index is -0.132. The highest BCUT2D eigenvalue weighted by molar-refractivity contribution is 9.10. The number of anilines is 2. The van der Waals surface area contributed by atoms with Crippen molar-refractivity contribution in [2.45, 2.75) is 13.8 Å². The number of piperazine rings is 1. The van der Waals surface area contributed by atoms with Crippen molar-refractivity contribution < 1.29 is 4.79 Å². The first kappa shape index (κ1) is 19.9. The van der Waals surface area contributed by atoms with Crippen molar-refractivity contribution in [1.82, 2.24) is 9.88 Å². The van der Waals surface area contributed by atoms with Gasteiger partial charge in [0.15, 0.2) is 0 Å². The number of carbonyl (C=O) groups excluding carboxylic acids is 1. The van der Waals surface area contributed by atoms with Crippen LogP contribution in [0.15, 0.2) is 53.0 Å². The molecule has 1 aliphatic heterocycles. The summed E-state index contributed by atoms with van der Waals surface area (Å²) in [6.45, 7) is 9.59. The summed E-state index contributed by atoms with van der Waals surface area (Å²) in [6.07, 6.45) is 0. The molecule has 6 heteroatoms. The summed E-state index contributed by atoms with van der Waals surface area (Å²) in [7, 11) is 0. The summed E-state index contributed by atoms with van der Waals surface area (Å²) in [4.78, 5) is 22.3. The molecule has 5 nitrogen and oxygen atoms in total. The fraction of sp³-hybridized carbons (Fsp3) is 0.304. The molecular weight excluding hydrogens is 428 g/mol. The van der Waals surface area contributed by atoms with Crippen LogP contribution in [0.3, 0.4) is 0 Å². The molecule has 1 aromatic heterocycles. The Morgan fingerprint density at radius 3 is 2.59 bits per heavy atom. The largest absolute Gasteiger partial charge is 0.354 e. The van der Waals surface area contributed by atoms with E-state index in [0.717, 1.165) is 59.6 Å². The molecule has 0 spiro atoms. The molecule has 0 unspecified atom stereocenters. The van der Waals surface area contributed by atoms with Crippen LogP contribution < -0.4 is 10.2 Å². The lowest BCUT2D eigenvalue weighted by atomic mass is 10.1. The van der Waals surface area contributed by atoms with Gasteiger partial charge in [0.25, 0.3) is 5.91 Å². The number of benzene rings is 2. The van der Waals surface area contributed by atoms with Gasteiger partial charge in [-0.05, 0) is 71.4 Å². The maximum atomic E-state index is 12.6. The van der Waals surface area contributed by atoms with Crippen molar-refractivity contribution in [3.63, 3.8) is 0 Å². The van der Waals surface area contributed by atoms with Gasteiger partial charge in [-0.25, -0.2) is 4.98 Å². The molecule has 150 valence electrons. The van der Waals surface area contributed by atoms with Crippen molar-refractivity contribution >= 4 is 44.2 Å². The minimum Gasteiger partial charge on any atom is -0.354 e. The van der Waals surface area contributed by atoms with E-state index in [-0.39, 0.29) is 5.91 Å². The third-order valence-electron chi connectivity index (χ3n) is 5.52. The summed E-state index contributed by atoms with van der Waals surface area (Å²) in [5, 5.41) is 4.06. The van der Waals surface area contributed by atoms with E-state index in [0.29, 0.717) is 5.56 Å². The molecule has 0 aliphatic carbocycles. The molecule has 1 saturated heterocycles. The summed E-state index contributed by atoms with van der Waals surface area (Å²) < 4.78 is 0.781. The molecule has 0 atom stereocenters. The van der Waals surface area contributed by atoms with Gasteiger partial charge in [-0.3, -0.25) is 4.79 Å². The van der Waals surface area contributed by atoms with Crippen LogP contribution >= 0.6 is 15.9 Å². The van der Waals surface area contributed by atoms with E-state index in [2.05, 4.69) is 51.0 Å². The third-order valence-corrected chi connectivity index (χ3v) is 6.21. The van der Waals surface area contributed by atoms with E-state index < -0.39 is 0 Å². The predicted molar refractivity (Wildman–Crippen MR) is 123 cm³/mol. The molecule has 3 aromatic rings. The van der Waals surface area contributed by atoms with Crippen LogP contribution in [0.1, 0.15) is 22.8 Å². The van der Waals surface area contributed by atoms with Crippen LogP contribution in [0.4, 0.5) is 11.5 Å². The zero-order valence-corrected chi connectivity index (χ0v) is 18.4. The van der Waals surface area contributed by atoms with Gasteiger partial charge >= 0.3 is 0 Å². The van der Waals surface area contributed by atoms with Crippen molar-refractivity contribution in [1.29, 1.82) is 0 Å². The second-order valence-electron chi connectivity index (χ2n) is 7.38. The van der Waals surface area contributed by atoms with E-state index in [1.54, 1.807) is 6.07 Å². The molecule has 0 bridgehead atoms. The number of nitrogens with one attached hydrogen (secondary N) is 1. The van der Waals surface area contributed by atoms with Crippen LogP contribution in [0.25, 0.3) is 10.9 Å². The smallest absolute Gasteiger partial charge is 0.256 e. The Morgan fingerprint density at radius 1 is 1.10 bits per heavy atom. The highest BCUT2D eigenvalue weighted by Gasteiger charge is 2.18. The zero-order valence-electron chi connectivity index (χ0n) is 16.8. The SMILES string of the molecule is CCN1CCN(c2cc(C)c3cc(NC(=O)c4ccccc4Br)ccc3n2)CC1. The van der Waals surface area contributed by atoms with E-state index in [9.17, 15) is 4.79 Å². The Bertz CT molecular complexity index is 1040. The first-order valence-electron chi connectivity index (χ1n) is 9.99. The molecule has 1 N–H and O–H groups in total. The number of rotatable bonds is 4. The number of halogens is 1. The second-order valence-corrected chi connectivity index (χ2v) is 8.24. The lowest BCUT2D eigenvalue weighted by Gasteiger charge is -2.35. The standard InChI is InChI=1S/C23H25BrN4O/c1-3-27-10-12-28(13-11-27)22-14-16(2)19-15-17(8-9-21(19)26-22)25-23(29)18-6-4-5-7-20(18)24/h4-9,14-15H,3,10-13H2,1-2H3,(H,25,29). The number of nitrogens with zero attached hydrogens (tertiary/aromatic N) is 3. The Balaban J connectivity index is 1.56. The highest BCUT2D eigenvalue weighted by Crippen LogP contribution is 2.26. The number of pyridine rings is 1. The average molecular weight is 453 g/mol. The molecule has 1 fully saturated rings. The number of fused-ring (bicyclic) bond motifs is 1. The van der Waals surface area contributed by atoms with Crippen molar-refractivity contribution in [3.05, 3.63) is 64.1 Å². The van der Waals surface area contributed by atoms with Crippen molar-refractivity contribution in [2.24, 2.45) is 0 Å². The van der Waals surface area contributed by atoms with Crippen LogP contribution in [0.2, 0.25) is 0 Å². The summed E-state index contributed by atoms with van der Waals surface area (Å²) in [6, 6.07) is 15.5. The normalized spacial score (nSPS) is 14.9. The van der Waals surface area contributed by atoms with Crippen LogP contribution in [-0.2, 0) is 0 Å². The van der Waals surface area contributed by atoms with E-state index in [4.69, 9.17) is 4.98 Å². The third kappa shape index (κ3) is 4.28. The number of aryl methyl sites for hydroxylation is 1. The molecule has 2 aromatic carbocycles. The van der Waals surface area contributed by atoms with Gasteiger partial charge in [0, 0.05) is 41.7 Å². The molecule has 29 heavy (non-hydrogen) atoms. The van der Waals surface area contributed by atoms with Crippen LogP contribution in [0, 0.1) is 6.92 Å². The molecule has 1 aliphatic rings. The van der Waals surface area contributed by atoms with Gasteiger partial charge in [0.1, 0.15) is 5.82 Å². The summed E-state index contributed by atoms with van der Waals surface area (Å²) in [5.41, 5.74) is 3.51. The number of hydrogen-bond donors (Lipinski definition) is 1. The number of hydrogen-bond acceptors (Lipinski definition) is 4. The van der Waals surface area contributed by atoms with E-state index in [1.807, 2.05) is 36.4 Å². The monoisotopic (exact) mass is 452 g/mol. The zero-order chi connectivity index (χ0) is 20.4. The minimum absolute atomic E-state index is 0.132. The van der Waals surface area contributed by atoms with Gasteiger partial charge in [-0.2, -0.15) is 0 Å². The number of amides is 1. The number of likely N-dealkylation sites (N-methyl/N-ethyl adjacent to an activating group) is 1. The Kier molecular flexibility index (Phi) is 5.83. The first-order valence-corrected chi connectivity index (χ1v) is 10.8. The quantitative estimate of drug-likeness (QED) is 0.622. The lowest BCUT2D eigenvalue weighted by Crippen LogP contribution is -2.46. The second kappa shape index (κ2) is 8.51. The fourth-order valence-corrected chi connectivity index (χ4v) is 4.22. The fourth-order valence-electron chi connectivity index (χ4n) is 3.75. The Hall–Kier alpha value is -2.44. The predicted octanol–water partition coefficient (Wildman–Crippen LogP) is 4.70. The Labute approximate surface area is 179 Å². The summed E-state index contributed by atoms with van der Waals surface area (Å²) >= 11 is 3.44. The van der Waals surface area contributed by atoms with E-state index >= 15 is 0 Å². The summed E-state index contributed by atoms with van der Waals surface area (Å²) in [5.74, 6) is 0.906. The number of aromatic nitrogens is 1. The van der Waals surface area contributed by atoms with Gasteiger partial charge in [-0.1, -0.05) is 19.1 Å². The molecule has 2 heterocycles. The van der Waals surface area contributed by atoms with Crippen molar-refractivity contribution in [3.8, 4) is 0 Å². The van der Waals surface area contributed by atoms with Gasteiger partial charge in [0.05, 0.1) is 11.1 Å². The Morgan fingerprint density at radius 2 is 1.86 bits per heavy atom. The first-order chi connectivity index (χ1) is 14.0. The van der Waals surface area contributed by atoms with E-state index in [1.165, 1.54) is 5.56 Å². The molecular formula is C23H25BrN4O. The number of carbonyl (C=O) groups is 1. The topological polar surface area (TPSA) is 48.5 Å². The maximum absolute atomic E-state index is 12.6. The van der Waals surface area contributed by atoms with Crippen LogP contribution in [-0.4, -0.2) is 48.5 Å². The highest BCUT2D eigenvalue weighted by atomic mass is 79.9. The molecule has 4 rings (SSSR count). The maximum Gasteiger partial charge on any atom is 0.256 e. The molecule has 0 radical (unpaired) electrons. The van der Waals surface area contributed by atoms with Gasteiger partial charge in [0.2, 0.25) is 0 Å². The molecule has 1 amide bonds. The lowest BCUT2D eigenvalue weighted by molar-refractivity contribution is 0.102. The molecule has 0 saturated carbocycles. The van der Waals surface area contributed by atoms with Gasteiger partial charge < -0.3 is 15.1 Å². The van der Waals surface area contributed by atoms with Crippen LogP contribution in [0.5, 0.6) is 0 Å².